The number of unbranched alkanes of at least 4 members (excludes halogenated alkanes) is 3. The van der Waals surface area contributed by atoms with E-state index in [1.54, 1.807) is 17.8 Å². The number of rotatable bonds is 12. The summed E-state index contributed by atoms with van der Waals surface area (Å²) in [4.78, 5) is 0. The van der Waals surface area contributed by atoms with E-state index < -0.39 is 18.4 Å². The van der Waals surface area contributed by atoms with Crippen molar-refractivity contribution >= 4 is 45.8 Å². The van der Waals surface area contributed by atoms with Crippen LogP contribution in [-0.4, -0.2) is 33.3 Å². The molecule has 0 aromatic heterocycles. The van der Waals surface area contributed by atoms with Gasteiger partial charge in [0.05, 0.1) is 0 Å². The Morgan fingerprint density at radius 2 is 1.15 bits per heavy atom. The fourth-order valence-corrected chi connectivity index (χ4v) is 25.8. The molecule has 0 saturated carbocycles. The van der Waals surface area contributed by atoms with Crippen LogP contribution in [0, 0.1) is 0 Å². The van der Waals surface area contributed by atoms with E-state index in [1.165, 1.54) is 43.0 Å². The summed E-state index contributed by atoms with van der Waals surface area (Å²) in [5.74, 6) is 0. The summed E-state index contributed by atoms with van der Waals surface area (Å²) < 4.78 is 9.79. The predicted molar refractivity (Wildman–Crippen MR) is 122 cm³/mol. The maximum absolute atomic E-state index is 2.55. The third-order valence-electron chi connectivity index (χ3n) is 5.46. The molecule has 0 heterocycles. The monoisotopic (exact) mass is 524 g/mol. The van der Waals surface area contributed by atoms with Crippen molar-refractivity contribution in [3.8, 4) is 0 Å². The zero-order valence-corrected chi connectivity index (χ0v) is 21.5. The van der Waals surface area contributed by atoms with Crippen molar-refractivity contribution < 1.29 is 0 Å². The summed E-state index contributed by atoms with van der Waals surface area (Å²) in [6, 6.07) is 20.8. The van der Waals surface area contributed by atoms with Gasteiger partial charge in [-0.15, -0.1) is 0 Å². The van der Waals surface area contributed by atoms with Crippen LogP contribution in [0.1, 0.15) is 59.3 Å². The molecule has 26 heavy (non-hydrogen) atoms. The van der Waals surface area contributed by atoms with E-state index in [9.17, 15) is 0 Å². The van der Waals surface area contributed by atoms with Crippen LogP contribution < -0.4 is 12.5 Å². The molecule has 0 atom stereocenters. The van der Waals surface area contributed by atoms with Crippen molar-refractivity contribution in [1.29, 1.82) is 0 Å². The Kier molecular flexibility index (Phi) is 10.4. The normalized spacial score (nSPS) is 11.7. The van der Waals surface area contributed by atoms with Crippen molar-refractivity contribution in [2.75, 3.05) is 0 Å². The molecule has 2 aromatic carbocycles. The molecular formula is C24H36SeSn. The Labute approximate surface area is 172 Å². The molecule has 0 fully saturated rings. The summed E-state index contributed by atoms with van der Waals surface area (Å²) in [5.41, 5.74) is 0. The van der Waals surface area contributed by atoms with Gasteiger partial charge in [0.15, 0.2) is 0 Å². The molecule has 142 valence electrons. The van der Waals surface area contributed by atoms with Crippen molar-refractivity contribution in [1.82, 2.24) is 0 Å². The first kappa shape index (κ1) is 22.1. The van der Waals surface area contributed by atoms with Gasteiger partial charge in [-0.3, -0.25) is 0 Å². The Morgan fingerprint density at radius 3 is 1.69 bits per heavy atom. The molecule has 0 amide bonds. The van der Waals surface area contributed by atoms with Gasteiger partial charge in [0, 0.05) is 0 Å². The van der Waals surface area contributed by atoms with Crippen molar-refractivity contribution in [3.05, 3.63) is 54.6 Å². The van der Waals surface area contributed by atoms with Gasteiger partial charge in [-0.2, -0.15) is 0 Å². The third kappa shape index (κ3) is 6.43. The first-order valence-corrected chi connectivity index (χ1v) is 19.8. The maximum atomic E-state index is 2.55. The fraction of sp³-hybridized carbons (Fsp3) is 0.500. The van der Waals surface area contributed by atoms with E-state index in [2.05, 4.69) is 75.4 Å². The van der Waals surface area contributed by atoms with Crippen LogP contribution in [0.25, 0.3) is 0 Å². The Hall–Kier alpha value is -0.242. The predicted octanol–water partition coefficient (Wildman–Crippen LogP) is 5.40. The molecule has 0 radical (unpaired) electrons. The van der Waals surface area contributed by atoms with E-state index in [1.807, 2.05) is 3.58 Å². The molecule has 2 rings (SSSR count). The van der Waals surface area contributed by atoms with Gasteiger partial charge < -0.3 is 0 Å². The van der Waals surface area contributed by atoms with Gasteiger partial charge in [-0.1, -0.05) is 0 Å². The van der Waals surface area contributed by atoms with E-state index in [0.717, 1.165) is 0 Å². The second-order valence-corrected chi connectivity index (χ2v) is 23.0. The molecule has 0 bridgehead atoms. The molecule has 0 aliphatic heterocycles. The topological polar surface area (TPSA) is 0 Å². The van der Waals surface area contributed by atoms with Crippen LogP contribution in [0.2, 0.25) is 13.3 Å². The van der Waals surface area contributed by atoms with Gasteiger partial charge in [-0.25, -0.2) is 0 Å². The quantitative estimate of drug-likeness (QED) is 0.328. The van der Waals surface area contributed by atoms with Gasteiger partial charge in [-0.05, 0) is 0 Å². The van der Waals surface area contributed by atoms with E-state index in [4.69, 9.17) is 0 Å². The first-order valence-electron chi connectivity index (χ1n) is 10.6. The summed E-state index contributed by atoms with van der Waals surface area (Å²) in [7, 11) is 0. The second-order valence-electron chi connectivity index (χ2n) is 7.50. The second kappa shape index (κ2) is 12.3. The molecular weight excluding hydrogens is 486 g/mol. The zero-order valence-electron chi connectivity index (χ0n) is 17.0. The molecule has 0 nitrogen and oxygen atoms in total. The van der Waals surface area contributed by atoms with Gasteiger partial charge >= 0.3 is 173 Å². The molecule has 0 aliphatic rings. The van der Waals surface area contributed by atoms with Crippen LogP contribution in [0.3, 0.4) is 0 Å². The first-order chi connectivity index (χ1) is 12.8. The van der Waals surface area contributed by atoms with Gasteiger partial charge in [0.25, 0.3) is 0 Å². The molecule has 0 spiro atoms. The van der Waals surface area contributed by atoms with Crippen LogP contribution in [-0.2, 0) is 0 Å². The van der Waals surface area contributed by atoms with Crippen LogP contribution in [0.5, 0.6) is 0 Å². The molecule has 0 aliphatic carbocycles. The standard InChI is InChI=1S/C12H9Se.3C4H9.Sn/c1-3-7-11(8-4-1)13-12-9-5-2-6-10-12;3*1-3-4-2;/h1-9H;3*1,3-4H2,2H3;. The van der Waals surface area contributed by atoms with Gasteiger partial charge in [0.1, 0.15) is 0 Å². The number of hydrogen-bond acceptors (Lipinski definition) is 0. The van der Waals surface area contributed by atoms with Crippen molar-refractivity contribution in [3.63, 3.8) is 0 Å². The van der Waals surface area contributed by atoms with Crippen molar-refractivity contribution in [2.45, 2.75) is 72.6 Å². The van der Waals surface area contributed by atoms with E-state index >= 15 is 0 Å². The zero-order chi connectivity index (χ0) is 18.7. The average Bonchev–Trinajstić information content (AvgIpc) is 2.69. The average molecular weight is 522 g/mol. The van der Waals surface area contributed by atoms with E-state index in [0.29, 0.717) is 15.0 Å². The number of hydrogen-bond donors (Lipinski definition) is 0. The summed E-state index contributed by atoms with van der Waals surface area (Å²) in [5, 5.41) is 0. The fourth-order valence-electron chi connectivity index (χ4n) is 3.93. The molecule has 0 saturated heterocycles. The Balaban J connectivity index is 2.41. The number of benzene rings is 2. The molecule has 2 heteroatoms. The molecule has 2 aromatic rings. The minimum absolute atomic E-state index is 0.449. The minimum atomic E-state index is -2.34. The van der Waals surface area contributed by atoms with E-state index in [-0.39, 0.29) is 0 Å². The third-order valence-corrected chi connectivity index (χ3v) is 24.6. The van der Waals surface area contributed by atoms with Gasteiger partial charge in [0.2, 0.25) is 0 Å². The SMILES string of the molecule is CCC[CH2][Sn]([CH2]CCC)([CH2]CCC)[c]1ccccc1[Se]c1ccccc1. The van der Waals surface area contributed by atoms with Crippen LogP contribution in [0.15, 0.2) is 54.6 Å². The van der Waals surface area contributed by atoms with Crippen molar-refractivity contribution in [2.24, 2.45) is 0 Å². The summed E-state index contributed by atoms with van der Waals surface area (Å²) in [6.45, 7) is 7.11. The Morgan fingerprint density at radius 1 is 0.654 bits per heavy atom. The summed E-state index contributed by atoms with van der Waals surface area (Å²) in [6.07, 6.45) is 8.37. The van der Waals surface area contributed by atoms with Crippen LogP contribution >= 0.6 is 0 Å². The van der Waals surface area contributed by atoms with Crippen LogP contribution in [0.4, 0.5) is 0 Å². The Bertz CT molecular complexity index is 601. The molecule has 0 N–H and O–H groups in total. The summed E-state index contributed by atoms with van der Waals surface area (Å²) >= 11 is -1.89. The molecule has 0 unspecified atom stereocenters.